The number of hydrogen-bond donors (Lipinski definition) is 2. The second-order valence-corrected chi connectivity index (χ2v) is 10.4. The van der Waals surface area contributed by atoms with Crippen LogP contribution in [0.4, 0.5) is 5.82 Å². The van der Waals surface area contributed by atoms with Crippen LogP contribution in [0.15, 0.2) is 72.9 Å². The Morgan fingerprint density at radius 1 is 1.03 bits per heavy atom. The van der Waals surface area contributed by atoms with Crippen molar-refractivity contribution in [1.82, 2.24) is 19.8 Å². The molecule has 5 rings (SSSR count). The highest BCUT2D eigenvalue weighted by Crippen LogP contribution is 2.32. The van der Waals surface area contributed by atoms with E-state index >= 15 is 0 Å². The van der Waals surface area contributed by atoms with Crippen LogP contribution >= 0.6 is 0 Å². The van der Waals surface area contributed by atoms with Crippen LogP contribution in [-0.4, -0.2) is 46.4 Å². The van der Waals surface area contributed by atoms with Gasteiger partial charge in [-0.1, -0.05) is 42.5 Å². The zero-order chi connectivity index (χ0) is 27.2. The first-order valence-electron chi connectivity index (χ1n) is 13.9. The lowest BCUT2D eigenvalue weighted by Crippen LogP contribution is -2.39. The number of para-hydroxylation sites is 1. The quantitative estimate of drug-likeness (QED) is 0.317. The lowest BCUT2D eigenvalue weighted by molar-refractivity contribution is -0.132. The Bertz CT molecular complexity index is 1430. The molecule has 1 unspecified atom stereocenters. The number of piperidine rings is 1. The molecule has 4 aromatic rings. The van der Waals surface area contributed by atoms with E-state index in [1.54, 1.807) is 13.2 Å². The highest BCUT2D eigenvalue weighted by molar-refractivity contribution is 5.82. The van der Waals surface area contributed by atoms with Crippen LogP contribution < -0.4 is 11.1 Å². The molecule has 1 aliphatic heterocycles. The minimum Gasteiger partial charge on any atom is -0.384 e. The summed E-state index contributed by atoms with van der Waals surface area (Å²) < 4.78 is 2.29. The number of anilines is 1. The van der Waals surface area contributed by atoms with Crippen LogP contribution in [0.3, 0.4) is 0 Å². The van der Waals surface area contributed by atoms with Gasteiger partial charge in [0.1, 0.15) is 5.82 Å². The van der Waals surface area contributed by atoms with Crippen molar-refractivity contribution in [2.45, 2.75) is 51.0 Å². The summed E-state index contributed by atoms with van der Waals surface area (Å²) in [6.45, 7) is 2.19. The summed E-state index contributed by atoms with van der Waals surface area (Å²) in [4.78, 5) is 31.4. The number of pyridine rings is 1. The predicted octanol–water partition coefficient (Wildman–Crippen LogP) is 5.15. The molecule has 0 radical (unpaired) electrons. The summed E-state index contributed by atoms with van der Waals surface area (Å²) in [5.41, 5.74) is 11.4. The lowest BCUT2D eigenvalue weighted by atomic mass is 9.94. The van der Waals surface area contributed by atoms with Gasteiger partial charge < -0.3 is 20.5 Å². The van der Waals surface area contributed by atoms with Crippen LogP contribution in [-0.2, 0) is 22.6 Å². The number of nitrogens with zero attached hydrogens (tertiary/aromatic N) is 3. The number of aromatic nitrogens is 2. The van der Waals surface area contributed by atoms with Crippen molar-refractivity contribution < 1.29 is 9.59 Å². The van der Waals surface area contributed by atoms with Gasteiger partial charge in [-0.3, -0.25) is 9.59 Å². The van der Waals surface area contributed by atoms with Gasteiger partial charge in [-0.05, 0) is 66.5 Å². The molecule has 0 bridgehead atoms. The molecule has 39 heavy (non-hydrogen) atoms. The molecule has 7 nitrogen and oxygen atoms in total. The first-order chi connectivity index (χ1) is 19.0. The Morgan fingerprint density at radius 2 is 1.82 bits per heavy atom. The average Bonchev–Trinajstić information content (AvgIpc) is 3.35. The fourth-order valence-electron chi connectivity index (χ4n) is 5.64. The van der Waals surface area contributed by atoms with Gasteiger partial charge in [-0.2, -0.15) is 0 Å². The van der Waals surface area contributed by atoms with Crippen LogP contribution in [0.25, 0.3) is 22.0 Å². The maximum absolute atomic E-state index is 13.2. The van der Waals surface area contributed by atoms with Gasteiger partial charge in [0, 0.05) is 68.4 Å². The number of amides is 2. The fourth-order valence-corrected chi connectivity index (χ4v) is 5.64. The normalized spacial score (nSPS) is 15.4. The Kier molecular flexibility index (Phi) is 8.25. The summed E-state index contributed by atoms with van der Waals surface area (Å²) in [6, 6.07) is 22.8. The van der Waals surface area contributed by atoms with Gasteiger partial charge in [0.05, 0.1) is 0 Å². The van der Waals surface area contributed by atoms with Crippen LogP contribution in [0.2, 0.25) is 0 Å². The van der Waals surface area contributed by atoms with Gasteiger partial charge >= 0.3 is 0 Å². The number of benzene rings is 2. The van der Waals surface area contributed by atoms with E-state index in [0.717, 1.165) is 55.4 Å². The van der Waals surface area contributed by atoms with E-state index in [2.05, 4.69) is 63.4 Å². The van der Waals surface area contributed by atoms with Crippen molar-refractivity contribution >= 4 is 28.5 Å². The second kappa shape index (κ2) is 12.2. The van der Waals surface area contributed by atoms with Gasteiger partial charge in [0.15, 0.2) is 0 Å². The van der Waals surface area contributed by atoms with E-state index in [9.17, 15) is 9.59 Å². The minimum absolute atomic E-state index is 0.0380. The average molecular weight is 524 g/mol. The molecule has 1 fully saturated rings. The molecular formula is C32H37N5O2. The smallest absolute Gasteiger partial charge is 0.222 e. The highest BCUT2D eigenvalue weighted by Gasteiger charge is 2.27. The van der Waals surface area contributed by atoms with E-state index in [1.165, 1.54) is 16.6 Å². The van der Waals surface area contributed by atoms with E-state index in [1.807, 2.05) is 23.1 Å². The molecule has 2 aromatic heterocycles. The van der Waals surface area contributed by atoms with Crippen molar-refractivity contribution in [1.29, 1.82) is 0 Å². The molecule has 3 heterocycles. The van der Waals surface area contributed by atoms with E-state index in [-0.39, 0.29) is 17.7 Å². The van der Waals surface area contributed by atoms with Crippen molar-refractivity contribution in [2.75, 3.05) is 25.9 Å². The van der Waals surface area contributed by atoms with Gasteiger partial charge in [0.25, 0.3) is 0 Å². The Balaban J connectivity index is 1.19. The van der Waals surface area contributed by atoms with Crippen LogP contribution in [0.1, 0.15) is 49.3 Å². The number of aryl methyl sites for hydroxylation is 2. The summed E-state index contributed by atoms with van der Waals surface area (Å²) in [6.07, 6.45) is 6.53. The van der Waals surface area contributed by atoms with E-state index in [0.29, 0.717) is 25.2 Å². The molecule has 3 N–H and O–H groups in total. The zero-order valence-corrected chi connectivity index (χ0v) is 22.6. The van der Waals surface area contributed by atoms with Crippen molar-refractivity contribution in [2.24, 2.45) is 0 Å². The Labute approximate surface area is 230 Å². The van der Waals surface area contributed by atoms with Crippen molar-refractivity contribution in [3.63, 3.8) is 0 Å². The molecule has 2 amide bonds. The lowest BCUT2D eigenvalue weighted by Gasteiger charge is -2.33. The highest BCUT2D eigenvalue weighted by atomic mass is 16.2. The second-order valence-electron chi connectivity index (χ2n) is 10.4. The number of carbonyl (C=O) groups is 2. The summed E-state index contributed by atoms with van der Waals surface area (Å²) >= 11 is 0. The first-order valence-corrected chi connectivity index (χ1v) is 13.9. The fraction of sp³-hybridized carbons (Fsp3) is 0.344. The number of nitrogens with two attached hydrogens (primary N) is 1. The maximum Gasteiger partial charge on any atom is 0.222 e. The first kappa shape index (κ1) is 26.5. The SMILES string of the molecule is CNC(=O)CCn1c(C2CCCN(C(=O)CCCc3ccc(-c4ccc(N)nc4)cc3)C2)cc2ccccc21. The molecule has 1 aliphatic rings. The minimum atomic E-state index is 0.0380. The maximum atomic E-state index is 13.2. The van der Waals surface area contributed by atoms with Crippen molar-refractivity contribution in [3.8, 4) is 11.1 Å². The van der Waals surface area contributed by atoms with Gasteiger partial charge in [-0.15, -0.1) is 0 Å². The third kappa shape index (κ3) is 6.30. The Morgan fingerprint density at radius 3 is 2.59 bits per heavy atom. The Hall–Kier alpha value is -4.13. The number of fused-ring (bicyclic) bond motifs is 1. The van der Waals surface area contributed by atoms with Gasteiger partial charge in [0.2, 0.25) is 11.8 Å². The summed E-state index contributed by atoms with van der Waals surface area (Å²) in [7, 11) is 1.68. The third-order valence-corrected chi connectivity index (χ3v) is 7.81. The zero-order valence-electron chi connectivity index (χ0n) is 22.6. The monoisotopic (exact) mass is 523 g/mol. The molecule has 0 aliphatic carbocycles. The molecule has 7 heteroatoms. The number of hydrogen-bond acceptors (Lipinski definition) is 4. The molecular weight excluding hydrogens is 486 g/mol. The third-order valence-electron chi connectivity index (χ3n) is 7.81. The molecule has 1 saturated heterocycles. The molecule has 0 spiro atoms. The van der Waals surface area contributed by atoms with E-state index in [4.69, 9.17) is 5.73 Å². The van der Waals surface area contributed by atoms with Gasteiger partial charge in [-0.25, -0.2) is 4.98 Å². The predicted molar refractivity (Wildman–Crippen MR) is 156 cm³/mol. The number of nitrogens with one attached hydrogen (secondary N) is 1. The summed E-state index contributed by atoms with van der Waals surface area (Å²) in [5, 5.41) is 3.91. The van der Waals surface area contributed by atoms with Crippen LogP contribution in [0, 0.1) is 0 Å². The molecule has 2 aromatic carbocycles. The van der Waals surface area contributed by atoms with Crippen molar-refractivity contribution in [3.05, 3.63) is 84.2 Å². The number of likely N-dealkylation sites (tertiary alicyclic amines) is 1. The standard InChI is InChI=1S/C32H37N5O2/c1-34-31(38)17-19-37-28-9-3-2-7-25(28)20-29(37)27-8-5-18-36(22-27)32(39)10-4-6-23-11-13-24(14-12-23)26-15-16-30(33)35-21-26/h2-3,7,9,11-16,20-21,27H,4-6,8,10,17-19,22H2,1H3,(H2,33,35)(H,34,38). The summed E-state index contributed by atoms with van der Waals surface area (Å²) in [5.74, 6) is 1.06. The number of rotatable bonds is 9. The molecule has 1 atom stereocenters. The topological polar surface area (TPSA) is 93.2 Å². The van der Waals surface area contributed by atoms with E-state index < -0.39 is 0 Å². The molecule has 0 saturated carbocycles. The largest absolute Gasteiger partial charge is 0.384 e. The number of nitrogen functional groups attached to an aromatic ring is 1. The van der Waals surface area contributed by atoms with Crippen LogP contribution in [0.5, 0.6) is 0 Å². The number of carbonyl (C=O) groups excluding carboxylic acids is 2. The molecule has 202 valence electrons.